The summed E-state index contributed by atoms with van der Waals surface area (Å²) in [5.41, 5.74) is 4.93. The van der Waals surface area contributed by atoms with E-state index in [4.69, 9.17) is 9.40 Å². The van der Waals surface area contributed by atoms with Gasteiger partial charge in [0.25, 0.3) is 0 Å². The van der Waals surface area contributed by atoms with Gasteiger partial charge in [-0.3, -0.25) is 9.78 Å². The number of rotatable bonds is 8. The Morgan fingerprint density at radius 1 is 0.884 bits per heavy atom. The first-order valence-electron chi connectivity index (χ1n) is 15.3. The van der Waals surface area contributed by atoms with E-state index in [-0.39, 0.29) is 48.9 Å². The number of furan rings is 1. The molecule has 0 aliphatic carbocycles. The Hall–Kier alpha value is -3.27. The summed E-state index contributed by atoms with van der Waals surface area (Å²) in [4.78, 5) is 16.7. The van der Waals surface area contributed by atoms with Gasteiger partial charge in [0.15, 0.2) is 5.78 Å². The number of benzene rings is 3. The molecule has 0 fully saturated rings. The molecule has 0 unspecified atom stereocenters. The smallest absolute Gasteiger partial charge is 0.162 e. The van der Waals surface area contributed by atoms with Gasteiger partial charge in [-0.25, -0.2) is 0 Å². The number of para-hydroxylation sites is 1. The van der Waals surface area contributed by atoms with Crippen molar-refractivity contribution in [2.24, 2.45) is 11.8 Å². The third-order valence-corrected chi connectivity index (χ3v) is 8.23. The Morgan fingerprint density at radius 3 is 2.12 bits per heavy atom. The molecule has 1 N–H and O–H groups in total. The van der Waals surface area contributed by atoms with Crippen LogP contribution in [0.25, 0.3) is 43.9 Å². The average Bonchev–Trinajstić information content (AvgIpc) is 3.48. The van der Waals surface area contributed by atoms with Crippen molar-refractivity contribution in [1.29, 1.82) is 0 Å². The van der Waals surface area contributed by atoms with E-state index in [1.165, 1.54) is 17.0 Å². The Kier molecular flexibility index (Phi) is 11.9. The van der Waals surface area contributed by atoms with Crippen LogP contribution in [0.4, 0.5) is 0 Å². The molecule has 0 amide bonds. The summed E-state index contributed by atoms with van der Waals surface area (Å²) in [5, 5.41) is 14.3. The molecule has 3 aromatic carbocycles. The number of ketones is 1. The first-order chi connectivity index (χ1) is 20.1. The van der Waals surface area contributed by atoms with Crippen molar-refractivity contribution >= 4 is 38.4 Å². The molecule has 5 rings (SSSR count). The number of carbonyl (C=O) groups excluding carboxylic acids is 1. The van der Waals surface area contributed by atoms with E-state index in [1.807, 2.05) is 45.9 Å². The molecule has 2 aromatic heterocycles. The van der Waals surface area contributed by atoms with Crippen molar-refractivity contribution in [1.82, 2.24) is 4.98 Å². The zero-order valence-corrected chi connectivity index (χ0v) is 28.9. The van der Waals surface area contributed by atoms with E-state index in [1.54, 1.807) is 6.26 Å². The predicted octanol–water partition coefficient (Wildman–Crippen LogP) is 10.8. The summed E-state index contributed by atoms with van der Waals surface area (Å²) in [6.07, 6.45) is 6.65. The first-order valence-corrected chi connectivity index (χ1v) is 15.3. The van der Waals surface area contributed by atoms with Gasteiger partial charge < -0.3 is 9.52 Å². The number of fused-ring (bicyclic) bond motifs is 4. The second-order valence-electron chi connectivity index (χ2n) is 12.0. The summed E-state index contributed by atoms with van der Waals surface area (Å²) in [6.45, 7) is 14.8. The molecule has 1 radical (unpaired) electrons. The van der Waals surface area contributed by atoms with Crippen LogP contribution < -0.4 is 0 Å². The van der Waals surface area contributed by atoms with Gasteiger partial charge in [0.1, 0.15) is 5.58 Å². The average molecular weight is 755 g/mol. The monoisotopic (exact) mass is 755 g/mol. The molecule has 0 bridgehead atoms. The van der Waals surface area contributed by atoms with E-state index in [9.17, 15) is 9.90 Å². The quantitative estimate of drug-likeness (QED) is 0.0973. The van der Waals surface area contributed by atoms with Crippen molar-refractivity contribution in [3.8, 4) is 11.3 Å². The molecule has 43 heavy (non-hydrogen) atoms. The molecule has 0 saturated heterocycles. The number of aromatic nitrogens is 1. The molecule has 5 aromatic rings. The van der Waals surface area contributed by atoms with Gasteiger partial charge in [0.2, 0.25) is 0 Å². The van der Waals surface area contributed by atoms with E-state index in [0.29, 0.717) is 0 Å². The van der Waals surface area contributed by atoms with Crippen molar-refractivity contribution in [3.05, 3.63) is 90.4 Å². The Bertz CT molecular complexity index is 1700. The summed E-state index contributed by atoms with van der Waals surface area (Å²) in [5.74, 6) is 0.547. The molecule has 0 spiro atoms. The maximum absolute atomic E-state index is 11.7. The third kappa shape index (κ3) is 7.63. The molecule has 0 aliphatic rings. The van der Waals surface area contributed by atoms with Crippen LogP contribution in [0.5, 0.6) is 0 Å². The minimum atomic E-state index is 0. The second kappa shape index (κ2) is 14.9. The van der Waals surface area contributed by atoms with Crippen LogP contribution in [0.1, 0.15) is 79.7 Å². The van der Waals surface area contributed by atoms with Gasteiger partial charge in [0, 0.05) is 54.5 Å². The Morgan fingerprint density at radius 2 is 1.49 bits per heavy atom. The number of nitrogens with zero attached hydrogens (tertiary/aromatic N) is 1. The number of hydrogen-bond acceptors (Lipinski definition) is 4. The Balaban J connectivity index is 0.000000274. The van der Waals surface area contributed by atoms with Crippen molar-refractivity contribution in [2.45, 2.75) is 79.6 Å². The van der Waals surface area contributed by atoms with Gasteiger partial charge in [-0.05, 0) is 43.2 Å². The fourth-order valence-corrected chi connectivity index (χ4v) is 5.62. The summed E-state index contributed by atoms with van der Waals surface area (Å²) in [6, 6.07) is 24.5. The topological polar surface area (TPSA) is 63.3 Å². The number of aliphatic hydroxyl groups excluding tert-OH is 1. The van der Waals surface area contributed by atoms with Crippen molar-refractivity contribution < 1.29 is 34.4 Å². The van der Waals surface area contributed by atoms with E-state index in [2.05, 4.69) is 69.3 Å². The standard InChI is InChI=1S/C25H20NO.C13H24O2.Ir/c1-25(2,3)21-15-17(14-16-8-4-5-9-18(16)21)23-24-20(12-13-27-24)19-10-6-7-11-22(19)26-23;1-5-10(6-2)12(14)9-13(15)11(7-3)8-4;/h4-13,15H,1-3H3;9-11,14H,5-8H2,1-4H3;/q-1;;/b;12-9-;. The molecule has 2 heterocycles. The molecule has 4 nitrogen and oxygen atoms in total. The molecule has 0 saturated carbocycles. The summed E-state index contributed by atoms with van der Waals surface area (Å²) >= 11 is 0. The number of aliphatic hydroxyl groups is 1. The number of allylic oxidation sites excluding steroid dienone is 2. The number of hydrogen-bond donors (Lipinski definition) is 1. The van der Waals surface area contributed by atoms with Crippen LogP contribution in [0.3, 0.4) is 0 Å². The number of carbonyl (C=O) groups is 1. The fourth-order valence-electron chi connectivity index (χ4n) is 5.62. The van der Waals surface area contributed by atoms with Crippen LogP contribution in [-0.4, -0.2) is 15.9 Å². The van der Waals surface area contributed by atoms with Crippen molar-refractivity contribution in [2.75, 3.05) is 0 Å². The minimum absolute atomic E-state index is 0. The van der Waals surface area contributed by atoms with Gasteiger partial charge in [-0.1, -0.05) is 95.8 Å². The maximum atomic E-state index is 11.7. The zero-order valence-electron chi connectivity index (χ0n) is 26.5. The van der Waals surface area contributed by atoms with Crippen LogP contribution in [0.2, 0.25) is 0 Å². The maximum Gasteiger partial charge on any atom is 0.162 e. The predicted molar refractivity (Wildman–Crippen MR) is 176 cm³/mol. The SMILES string of the molecule is CC(C)(C)c1cc(-c2nc3ccccc3c3ccoc23)[c-]c2ccccc12.CCC(CC)C(=O)/C=C(\O)C(CC)CC.[Ir]. The van der Waals surface area contributed by atoms with Crippen LogP contribution in [-0.2, 0) is 30.3 Å². The molecular formula is C38H44IrNO3-. The van der Waals surface area contributed by atoms with Crippen molar-refractivity contribution in [3.63, 3.8) is 0 Å². The van der Waals surface area contributed by atoms with Crippen LogP contribution in [0, 0.1) is 17.9 Å². The third-order valence-electron chi connectivity index (χ3n) is 8.23. The van der Waals surface area contributed by atoms with E-state index >= 15 is 0 Å². The number of pyridine rings is 1. The molecular weight excluding hydrogens is 711 g/mol. The van der Waals surface area contributed by atoms with E-state index < -0.39 is 0 Å². The van der Waals surface area contributed by atoms with E-state index in [0.717, 1.165) is 64.2 Å². The van der Waals surface area contributed by atoms with Crippen LogP contribution >= 0.6 is 0 Å². The summed E-state index contributed by atoms with van der Waals surface area (Å²) in [7, 11) is 0. The van der Waals surface area contributed by atoms with Gasteiger partial charge in [-0.15, -0.1) is 29.1 Å². The zero-order chi connectivity index (χ0) is 30.4. The fraction of sp³-hybridized carbons (Fsp3) is 0.368. The van der Waals surface area contributed by atoms with Gasteiger partial charge in [-0.2, -0.15) is 0 Å². The summed E-state index contributed by atoms with van der Waals surface area (Å²) < 4.78 is 5.87. The normalized spacial score (nSPS) is 12.1. The molecule has 229 valence electrons. The minimum Gasteiger partial charge on any atom is -0.512 e. The molecule has 0 atom stereocenters. The Labute approximate surface area is 270 Å². The molecule has 5 heteroatoms. The largest absolute Gasteiger partial charge is 0.512 e. The van der Waals surface area contributed by atoms with Gasteiger partial charge >= 0.3 is 0 Å². The van der Waals surface area contributed by atoms with Gasteiger partial charge in [0.05, 0.1) is 17.5 Å². The first kappa shape index (κ1) is 34.2. The second-order valence-corrected chi connectivity index (χ2v) is 12.0. The molecule has 0 aliphatic heterocycles. The van der Waals surface area contributed by atoms with Crippen LogP contribution in [0.15, 0.2) is 83.2 Å².